The number of carbonyl (C=O) groups is 2. The number of aromatic nitrogens is 2. The van der Waals surface area contributed by atoms with Crippen LogP contribution in [0.1, 0.15) is 28.8 Å². The largest absolute Gasteiger partial charge is 0.379 e. The average Bonchev–Trinajstić information content (AvgIpc) is 3.34. The normalized spacial score (nSPS) is 16.1. The van der Waals surface area contributed by atoms with Crippen molar-refractivity contribution in [1.82, 2.24) is 20.0 Å². The van der Waals surface area contributed by atoms with Gasteiger partial charge in [-0.15, -0.1) is 0 Å². The maximum absolute atomic E-state index is 12.8. The van der Waals surface area contributed by atoms with Crippen LogP contribution >= 0.6 is 11.6 Å². The molecule has 2 amide bonds. The number of ether oxygens (including phenoxy) is 1. The number of halogens is 1. The van der Waals surface area contributed by atoms with Gasteiger partial charge in [0.05, 0.1) is 32.0 Å². The summed E-state index contributed by atoms with van der Waals surface area (Å²) in [5.74, 6) is 0.758. The standard InChI is InChI=1S/C27H30ClN5O3/c28-23-8-6-21(7-9-23)24-18-25-32(26(34)10-13-33(25)30-24)19-20-2-4-22(5-3-20)27(35)29-11-1-12-31-14-16-36-17-15-31/h2-9,18H,1,10-17,19H2,(H,29,35). The van der Waals surface area contributed by atoms with Crippen LogP contribution in [-0.2, 0) is 22.6 Å². The molecule has 0 spiro atoms. The summed E-state index contributed by atoms with van der Waals surface area (Å²) < 4.78 is 7.24. The van der Waals surface area contributed by atoms with Gasteiger partial charge in [0.15, 0.2) is 0 Å². The molecule has 3 heterocycles. The molecule has 36 heavy (non-hydrogen) atoms. The lowest BCUT2D eigenvalue weighted by Crippen LogP contribution is -2.38. The van der Waals surface area contributed by atoms with Crippen molar-refractivity contribution in [3.05, 3.63) is 70.7 Å². The van der Waals surface area contributed by atoms with Gasteiger partial charge in [0.1, 0.15) is 5.82 Å². The Hall–Kier alpha value is -3.20. The minimum absolute atomic E-state index is 0.0622. The Morgan fingerprint density at radius 1 is 1.03 bits per heavy atom. The van der Waals surface area contributed by atoms with Crippen LogP contribution in [0.15, 0.2) is 54.6 Å². The van der Waals surface area contributed by atoms with Gasteiger partial charge in [-0.25, -0.2) is 4.68 Å². The Bertz CT molecular complexity index is 1200. The number of aryl methyl sites for hydroxylation is 1. The predicted molar refractivity (Wildman–Crippen MR) is 139 cm³/mol. The number of nitrogens with zero attached hydrogens (tertiary/aromatic N) is 4. The zero-order valence-corrected chi connectivity index (χ0v) is 20.9. The van der Waals surface area contributed by atoms with Crippen molar-refractivity contribution in [3.63, 3.8) is 0 Å². The van der Waals surface area contributed by atoms with Crippen molar-refractivity contribution in [1.29, 1.82) is 0 Å². The highest BCUT2D eigenvalue weighted by Crippen LogP contribution is 2.30. The molecule has 2 aromatic carbocycles. The van der Waals surface area contributed by atoms with E-state index in [2.05, 4.69) is 10.2 Å². The Morgan fingerprint density at radius 3 is 2.53 bits per heavy atom. The van der Waals surface area contributed by atoms with Crippen LogP contribution in [0, 0.1) is 0 Å². The molecule has 188 valence electrons. The Kier molecular flexibility index (Phi) is 7.65. The second-order valence-corrected chi connectivity index (χ2v) is 9.54. The van der Waals surface area contributed by atoms with Crippen molar-refractivity contribution in [2.24, 2.45) is 0 Å². The summed E-state index contributed by atoms with van der Waals surface area (Å²) in [7, 11) is 0. The number of hydrogen-bond donors (Lipinski definition) is 1. The monoisotopic (exact) mass is 507 g/mol. The fourth-order valence-electron chi connectivity index (χ4n) is 4.56. The number of rotatable bonds is 8. The molecule has 0 radical (unpaired) electrons. The lowest BCUT2D eigenvalue weighted by atomic mass is 10.1. The summed E-state index contributed by atoms with van der Waals surface area (Å²) in [4.78, 5) is 29.4. The number of hydrogen-bond acceptors (Lipinski definition) is 5. The van der Waals surface area contributed by atoms with Crippen molar-refractivity contribution >= 4 is 29.2 Å². The molecule has 9 heteroatoms. The van der Waals surface area contributed by atoms with E-state index in [-0.39, 0.29) is 11.8 Å². The van der Waals surface area contributed by atoms with E-state index in [0.29, 0.717) is 36.6 Å². The molecule has 0 unspecified atom stereocenters. The van der Waals surface area contributed by atoms with Gasteiger partial charge in [0.2, 0.25) is 5.91 Å². The fraction of sp³-hybridized carbons (Fsp3) is 0.370. The molecule has 0 bridgehead atoms. The molecule has 0 saturated carbocycles. The highest BCUT2D eigenvalue weighted by Gasteiger charge is 2.26. The van der Waals surface area contributed by atoms with Gasteiger partial charge < -0.3 is 10.1 Å². The summed E-state index contributed by atoms with van der Waals surface area (Å²) in [6.45, 7) is 6.06. The molecule has 5 rings (SSSR count). The first-order chi connectivity index (χ1) is 17.6. The first-order valence-corrected chi connectivity index (χ1v) is 12.8. The van der Waals surface area contributed by atoms with Crippen LogP contribution in [0.25, 0.3) is 11.3 Å². The van der Waals surface area contributed by atoms with Gasteiger partial charge in [-0.3, -0.25) is 19.4 Å². The first kappa shape index (κ1) is 24.5. The van der Waals surface area contributed by atoms with E-state index in [1.807, 2.05) is 59.3 Å². The summed E-state index contributed by atoms with van der Waals surface area (Å²) >= 11 is 6.02. The summed E-state index contributed by atoms with van der Waals surface area (Å²) in [5.41, 5.74) is 3.33. The second kappa shape index (κ2) is 11.2. The number of amides is 2. The number of fused-ring (bicyclic) bond motifs is 1. The molecule has 1 saturated heterocycles. The molecule has 0 aliphatic carbocycles. The summed E-state index contributed by atoms with van der Waals surface area (Å²) in [6.07, 6.45) is 1.31. The molecule has 3 aromatic rings. The Balaban J connectivity index is 1.19. The zero-order chi connectivity index (χ0) is 24.9. The molecular weight excluding hydrogens is 478 g/mol. The molecule has 2 aliphatic rings. The minimum Gasteiger partial charge on any atom is -0.379 e. The van der Waals surface area contributed by atoms with E-state index in [1.165, 1.54) is 0 Å². The van der Waals surface area contributed by atoms with Crippen LogP contribution in [0.3, 0.4) is 0 Å². The smallest absolute Gasteiger partial charge is 0.251 e. The molecule has 8 nitrogen and oxygen atoms in total. The van der Waals surface area contributed by atoms with E-state index in [4.69, 9.17) is 21.4 Å². The van der Waals surface area contributed by atoms with Crippen LogP contribution in [0.2, 0.25) is 5.02 Å². The maximum Gasteiger partial charge on any atom is 0.251 e. The number of benzene rings is 2. The van der Waals surface area contributed by atoms with Crippen LogP contribution in [-0.4, -0.2) is 65.9 Å². The predicted octanol–water partition coefficient (Wildman–Crippen LogP) is 3.59. The lowest BCUT2D eigenvalue weighted by molar-refractivity contribution is -0.119. The molecule has 1 aromatic heterocycles. The van der Waals surface area contributed by atoms with Crippen LogP contribution in [0.4, 0.5) is 5.82 Å². The highest BCUT2D eigenvalue weighted by atomic mass is 35.5. The minimum atomic E-state index is -0.0803. The van der Waals surface area contributed by atoms with Crippen molar-refractivity contribution in [2.45, 2.75) is 25.9 Å². The van der Waals surface area contributed by atoms with Crippen molar-refractivity contribution < 1.29 is 14.3 Å². The number of anilines is 1. The molecule has 0 atom stereocenters. The maximum atomic E-state index is 12.8. The molecule has 1 fully saturated rings. The van der Waals surface area contributed by atoms with Crippen LogP contribution < -0.4 is 10.2 Å². The first-order valence-electron chi connectivity index (χ1n) is 12.4. The second-order valence-electron chi connectivity index (χ2n) is 9.11. The van der Waals surface area contributed by atoms with E-state index < -0.39 is 0 Å². The highest BCUT2D eigenvalue weighted by molar-refractivity contribution is 6.30. The SMILES string of the molecule is O=C(NCCCN1CCOCC1)c1ccc(CN2C(=O)CCn3nc(-c4ccc(Cl)cc4)cc32)cc1. The Morgan fingerprint density at radius 2 is 1.78 bits per heavy atom. The summed E-state index contributed by atoms with van der Waals surface area (Å²) in [5, 5.41) is 8.37. The van der Waals surface area contributed by atoms with Gasteiger partial charge in [-0.2, -0.15) is 5.10 Å². The van der Waals surface area contributed by atoms with Crippen molar-refractivity contribution in [2.75, 3.05) is 44.3 Å². The molecule has 2 aliphatic heterocycles. The number of carbonyl (C=O) groups excluding carboxylic acids is 2. The average molecular weight is 508 g/mol. The molecular formula is C27H30ClN5O3. The third-order valence-electron chi connectivity index (χ3n) is 6.61. The fourth-order valence-corrected chi connectivity index (χ4v) is 4.69. The topological polar surface area (TPSA) is 79.7 Å². The summed E-state index contributed by atoms with van der Waals surface area (Å²) in [6, 6.07) is 16.9. The third kappa shape index (κ3) is 5.78. The Labute approximate surface area is 215 Å². The van der Waals surface area contributed by atoms with E-state index >= 15 is 0 Å². The third-order valence-corrected chi connectivity index (χ3v) is 6.86. The van der Waals surface area contributed by atoms with Gasteiger partial charge in [0.25, 0.3) is 5.91 Å². The van der Waals surface area contributed by atoms with Gasteiger partial charge in [-0.1, -0.05) is 35.9 Å². The van der Waals surface area contributed by atoms with Gasteiger partial charge in [0, 0.05) is 48.3 Å². The van der Waals surface area contributed by atoms with E-state index in [9.17, 15) is 9.59 Å². The van der Waals surface area contributed by atoms with Crippen LogP contribution in [0.5, 0.6) is 0 Å². The van der Waals surface area contributed by atoms with E-state index in [1.54, 1.807) is 4.90 Å². The number of morpholine rings is 1. The molecule has 1 N–H and O–H groups in total. The van der Waals surface area contributed by atoms with Gasteiger partial charge in [-0.05, 0) is 42.8 Å². The van der Waals surface area contributed by atoms with Gasteiger partial charge >= 0.3 is 0 Å². The quantitative estimate of drug-likeness (QED) is 0.471. The van der Waals surface area contributed by atoms with Crippen molar-refractivity contribution in [3.8, 4) is 11.3 Å². The number of nitrogens with one attached hydrogen (secondary N) is 1. The lowest BCUT2D eigenvalue weighted by Gasteiger charge is -2.27. The van der Waals surface area contributed by atoms with E-state index in [0.717, 1.165) is 61.9 Å². The zero-order valence-electron chi connectivity index (χ0n) is 20.2.